The van der Waals surface area contributed by atoms with Crippen molar-refractivity contribution < 1.29 is 4.42 Å². The van der Waals surface area contributed by atoms with Gasteiger partial charge in [0, 0.05) is 40.0 Å². The lowest BCUT2D eigenvalue weighted by Crippen LogP contribution is -2.17. The van der Waals surface area contributed by atoms with Gasteiger partial charge in [0.1, 0.15) is 11.3 Å². The molecule has 10 rings (SSSR count). The Bertz CT molecular complexity index is 2360. The van der Waals surface area contributed by atoms with E-state index in [1.165, 1.54) is 66.6 Å². The first-order valence-electron chi connectivity index (χ1n) is 17.5. The van der Waals surface area contributed by atoms with Crippen molar-refractivity contribution in [1.82, 2.24) is 4.98 Å². The van der Waals surface area contributed by atoms with E-state index in [2.05, 4.69) is 134 Å². The van der Waals surface area contributed by atoms with E-state index < -0.39 is 0 Å². The highest BCUT2D eigenvalue weighted by Crippen LogP contribution is 2.53. The van der Waals surface area contributed by atoms with Gasteiger partial charge in [-0.1, -0.05) is 105 Å². The first kappa shape index (κ1) is 27.9. The van der Waals surface area contributed by atoms with Gasteiger partial charge in [-0.15, -0.1) is 0 Å². The van der Waals surface area contributed by atoms with Crippen molar-refractivity contribution in [3.8, 4) is 22.4 Å². The molecule has 2 atom stereocenters. The Hall–Kier alpha value is -5.21. The fourth-order valence-corrected chi connectivity index (χ4v) is 8.99. The van der Waals surface area contributed by atoms with Gasteiger partial charge >= 0.3 is 0 Å². The zero-order valence-electron chi connectivity index (χ0n) is 27.5. The van der Waals surface area contributed by atoms with Crippen molar-refractivity contribution in [3.05, 3.63) is 172 Å². The summed E-state index contributed by atoms with van der Waals surface area (Å²) in [6, 6.07) is 36.3. The summed E-state index contributed by atoms with van der Waals surface area (Å²) < 4.78 is 6.36. The molecule has 0 bridgehead atoms. The summed E-state index contributed by atoms with van der Waals surface area (Å²) in [5.74, 6) is 1.74. The van der Waals surface area contributed by atoms with Gasteiger partial charge in [0.25, 0.3) is 0 Å². The Balaban J connectivity index is 0.994. The maximum atomic E-state index is 6.36. The van der Waals surface area contributed by atoms with E-state index in [4.69, 9.17) is 4.42 Å². The molecule has 0 radical (unpaired) electrons. The minimum atomic E-state index is -0.0857. The van der Waals surface area contributed by atoms with Gasteiger partial charge in [0.05, 0.1) is 5.69 Å². The molecule has 232 valence electrons. The maximum absolute atomic E-state index is 6.36. The highest BCUT2D eigenvalue weighted by Gasteiger charge is 2.38. The molecule has 4 aliphatic rings. The van der Waals surface area contributed by atoms with Crippen LogP contribution >= 0.6 is 0 Å². The molecule has 0 amide bonds. The second-order valence-corrected chi connectivity index (χ2v) is 14.5. The van der Waals surface area contributed by atoms with Gasteiger partial charge in [-0.05, 0) is 112 Å². The van der Waals surface area contributed by atoms with E-state index in [0.717, 1.165) is 48.3 Å². The average Bonchev–Trinajstić information content (AvgIpc) is 3.61. The molecule has 4 aromatic carbocycles. The molecule has 0 aliphatic heterocycles. The van der Waals surface area contributed by atoms with Crippen molar-refractivity contribution in [3.63, 3.8) is 0 Å². The van der Waals surface area contributed by atoms with Gasteiger partial charge < -0.3 is 4.42 Å². The molecular formula is C46H37NO. The van der Waals surface area contributed by atoms with Crippen molar-refractivity contribution in [1.29, 1.82) is 0 Å². The summed E-state index contributed by atoms with van der Waals surface area (Å²) in [5.41, 5.74) is 18.5. The number of aromatic nitrogens is 1. The largest absolute Gasteiger partial charge is 0.456 e. The van der Waals surface area contributed by atoms with Crippen molar-refractivity contribution in [2.75, 3.05) is 0 Å². The number of hydrogen-bond acceptors (Lipinski definition) is 2. The van der Waals surface area contributed by atoms with Crippen LogP contribution < -0.4 is 0 Å². The van der Waals surface area contributed by atoms with Crippen LogP contribution in [0.4, 0.5) is 0 Å². The van der Waals surface area contributed by atoms with Gasteiger partial charge in [-0.3, -0.25) is 4.98 Å². The van der Waals surface area contributed by atoms with Crippen LogP contribution in [0.15, 0.2) is 131 Å². The Morgan fingerprint density at radius 1 is 0.792 bits per heavy atom. The SMILES string of the molecule is CC1(C)c2cc(C3C=C4C(=CC3)CC(c3ccc(-c5ccccn5)cc3)c3ccccc34)ccc2-c2cc3c4c(oc3cc21)C=CCC4. The van der Waals surface area contributed by atoms with Crippen LogP contribution in [0.25, 0.3) is 45.0 Å². The normalized spacial score (nSPS) is 19.9. The summed E-state index contributed by atoms with van der Waals surface area (Å²) in [6.07, 6.45) is 15.6. The molecule has 0 N–H and O–H groups in total. The van der Waals surface area contributed by atoms with E-state index >= 15 is 0 Å². The summed E-state index contributed by atoms with van der Waals surface area (Å²) in [7, 11) is 0. The molecule has 0 fully saturated rings. The molecule has 0 saturated carbocycles. The zero-order valence-corrected chi connectivity index (χ0v) is 27.5. The van der Waals surface area contributed by atoms with Crippen LogP contribution in [0.1, 0.15) is 89.7 Å². The molecule has 48 heavy (non-hydrogen) atoms. The fraction of sp³-hybridized carbons (Fsp3) is 0.196. The Kier molecular flexibility index (Phi) is 6.03. The van der Waals surface area contributed by atoms with Crippen LogP contribution in [-0.4, -0.2) is 4.98 Å². The fourth-order valence-electron chi connectivity index (χ4n) is 8.99. The third-order valence-electron chi connectivity index (χ3n) is 11.6. The lowest BCUT2D eigenvalue weighted by molar-refractivity contribution is 0.592. The second kappa shape index (κ2) is 10.4. The van der Waals surface area contributed by atoms with Gasteiger partial charge in [-0.25, -0.2) is 0 Å². The van der Waals surface area contributed by atoms with Gasteiger partial charge in [-0.2, -0.15) is 0 Å². The van der Waals surface area contributed by atoms with E-state index in [0.29, 0.717) is 11.8 Å². The molecule has 2 heterocycles. The van der Waals surface area contributed by atoms with E-state index in [-0.39, 0.29) is 5.41 Å². The van der Waals surface area contributed by atoms with Crippen LogP contribution in [0.3, 0.4) is 0 Å². The third kappa shape index (κ3) is 4.15. The van der Waals surface area contributed by atoms with Gasteiger partial charge in [0.15, 0.2) is 0 Å². The van der Waals surface area contributed by atoms with Gasteiger partial charge in [0.2, 0.25) is 0 Å². The van der Waals surface area contributed by atoms with Crippen LogP contribution in [-0.2, 0) is 11.8 Å². The lowest BCUT2D eigenvalue weighted by Gasteiger charge is -2.33. The molecule has 0 spiro atoms. The summed E-state index contributed by atoms with van der Waals surface area (Å²) in [4.78, 5) is 4.55. The third-order valence-corrected chi connectivity index (χ3v) is 11.6. The highest BCUT2D eigenvalue weighted by molar-refractivity contribution is 5.95. The minimum absolute atomic E-state index is 0.0857. The number of allylic oxidation sites excluding steroid dienone is 5. The van der Waals surface area contributed by atoms with Crippen LogP contribution in [0, 0.1) is 0 Å². The Labute approximate surface area is 282 Å². The zero-order chi connectivity index (χ0) is 32.0. The number of pyridine rings is 1. The average molecular weight is 620 g/mol. The van der Waals surface area contributed by atoms with Crippen molar-refractivity contribution in [2.45, 2.75) is 56.8 Å². The second-order valence-electron chi connectivity index (χ2n) is 14.5. The van der Waals surface area contributed by atoms with E-state index in [1.54, 1.807) is 0 Å². The quantitative estimate of drug-likeness (QED) is 0.197. The number of hydrogen-bond donors (Lipinski definition) is 0. The molecule has 2 heteroatoms. The molecule has 4 aliphatic carbocycles. The summed E-state index contributed by atoms with van der Waals surface area (Å²) in [6.45, 7) is 4.77. The maximum Gasteiger partial charge on any atom is 0.135 e. The standard InChI is InChI=1S/C46H37NO/c1-46(2)41-25-31(20-21-35(41)39-26-40-36-11-5-6-13-44(36)48-45(40)27-42(39)46)30-18-19-32-24-37(33-9-3-4-10-34(33)38(32)23-30)28-14-16-29(17-15-28)43-12-7-8-22-47-43/h3-4,6-10,12-17,19-23,25-27,30,37H,5,11,18,24H2,1-2H3. The first-order valence-corrected chi connectivity index (χ1v) is 17.5. The van der Waals surface area contributed by atoms with Crippen LogP contribution in [0.5, 0.6) is 0 Å². The number of furan rings is 1. The molecule has 2 unspecified atom stereocenters. The highest BCUT2D eigenvalue weighted by atomic mass is 16.3. The Morgan fingerprint density at radius 2 is 1.62 bits per heavy atom. The number of fused-ring (bicyclic) bond motifs is 9. The molecular weight excluding hydrogens is 583 g/mol. The molecule has 2 aromatic heterocycles. The van der Waals surface area contributed by atoms with Crippen LogP contribution in [0.2, 0.25) is 0 Å². The predicted molar refractivity (Wildman–Crippen MR) is 197 cm³/mol. The topological polar surface area (TPSA) is 26.0 Å². The molecule has 6 aromatic rings. The summed E-state index contributed by atoms with van der Waals surface area (Å²) in [5, 5.41) is 1.29. The van der Waals surface area contributed by atoms with E-state index in [9.17, 15) is 0 Å². The smallest absolute Gasteiger partial charge is 0.135 e. The minimum Gasteiger partial charge on any atom is -0.456 e. The lowest BCUT2D eigenvalue weighted by atomic mass is 9.70. The first-order chi connectivity index (χ1) is 23.5. The monoisotopic (exact) mass is 619 g/mol. The number of nitrogens with zero attached hydrogens (tertiary/aromatic N) is 1. The van der Waals surface area contributed by atoms with Crippen molar-refractivity contribution in [2.24, 2.45) is 0 Å². The Morgan fingerprint density at radius 3 is 2.50 bits per heavy atom. The van der Waals surface area contributed by atoms with Crippen molar-refractivity contribution >= 4 is 22.6 Å². The predicted octanol–water partition coefficient (Wildman–Crippen LogP) is 11.8. The molecule has 2 nitrogen and oxygen atoms in total. The summed E-state index contributed by atoms with van der Waals surface area (Å²) >= 11 is 0. The van der Waals surface area contributed by atoms with E-state index in [1.807, 2.05) is 12.3 Å². The molecule has 0 saturated heterocycles. The number of benzene rings is 4. The number of aryl methyl sites for hydroxylation is 1. The number of rotatable bonds is 3.